The van der Waals surface area contributed by atoms with Crippen molar-refractivity contribution >= 4 is 15.9 Å². The molecule has 0 aliphatic rings. The largest absolute Gasteiger partial charge is 0.494 e. The van der Waals surface area contributed by atoms with Gasteiger partial charge in [0, 0.05) is 0 Å². The Morgan fingerprint density at radius 2 is 1.85 bits per heavy atom. The maximum absolute atomic E-state index is 12.5. The van der Waals surface area contributed by atoms with Crippen molar-refractivity contribution in [2.45, 2.75) is 18.2 Å². The number of benzene rings is 2. The van der Waals surface area contributed by atoms with Gasteiger partial charge in [-0.1, -0.05) is 42.0 Å². The van der Waals surface area contributed by atoms with Crippen molar-refractivity contribution in [1.82, 2.24) is 14.5 Å². The smallest absolute Gasteiger partial charge is 0.267 e. The number of aryl methyl sites for hydroxylation is 1. The number of hydrogen-bond acceptors (Lipinski definition) is 5. The Labute approximate surface area is 157 Å². The zero-order valence-electron chi connectivity index (χ0n) is 14.9. The second-order valence-electron chi connectivity index (χ2n) is 5.98. The normalized spacial score (nSPS) is 11.2. The summed E-state index contributed by atoms with van der Waals surface area (Å²) in [5.74, 6) is -0.0585. The molecule has 0 atom stereocenters. The van der Waals surface area contributed by atoms with Gasteiger partial charge in [-0.15, -0.1) is 0 Å². The summed E-state index contributed by atoms with van der Waals surface area (Å²) < 4.78 is 33.7. The fourth-order valence-corrected chi connectivity index (χ4v) is 3.45. The lowest BCUT2D eigenvalue weighted by molar-refractivity contribution is -0.118. The van der Waals surface area contributed by atoms with Gasteiger partial charge in [-0.05, 0) is 24.6 Å². The molecule has 0 aliphatic heterocycles. The van der Waals surface area contributed by atoms with E-state index in [4.69, 9.17) is 4.74 Å². The number of para-hydroxylation sites is 2. The fraction of sp³-hybridized carbons (Fsp3) is 0.158. The molecule has 140 valence electrons. The van der Waals surface area contributed by atoms with Crippen LogP contribution in [0.4, 0.5) is 0 Å². The average molecular weight is 385 g/mol. The van der Waals surface area contributed by atoms with E-state index in [2.05, 4.69) is 9.82 Å². The number of carbonyl (C=O) groups is 1. The molecule has 0 spiro atoms. The molecule has 0 unspecified atom stereocenters. The van der Waals surface area contributed by atoms with Crippen molar-refractivity contribution in [1.29, 1.82) is 0 Å². The number of hydrogen-bond donors (Lipinski definition) is 1. The Morgan fingerprint density at radius 3 is 2.56 bits per heavy atom. The third kappa shape index (κ3) is 4.35. The van der Waals surface area contributed by atoms with Gasteiger partial charge in [-0.25, -0.2) is 17.8 Å². The Kier molecular flexibility index (Phi) is 5.27. The molecule has 0 aliphatic carbocycles. The van der Waals surface area contributed by atoms with Gasteiger partial charge in [0.15, 0.2) is 0 Å². The van der Waals surface area contributed by atoms with E-state index in [0.29, 0.717) is 11.4 Å². The molecule has 0 saturated heterocycles. The van der Waals surface area contributed by atoms with Crippen molar-refractivity contribution < 1.29 is 17.9 Å². The fourth-order valence-electron chi connectivity index (χ4n) is 2.53. The summed E-state index contributed by atoms with van der Waals surface area (Å²) in [6.07, 6.45) is 2.49. The first-order valence-electron chi connectivity index (χ1n) is 8.18. The van der Waals surface area contributed by atoms with E-state index in [-0.39, 0.29) is 11.3 Å². The standard InChI is InChI=1S/C19H19N3O4S/c1-14-7-9-15(10-8-14)11-19(23)21-27(24,25)16-12-20-22(13-16)17-5-3-4-6-18(17)26-2/h3-10,12-13H,11H2,1-2H3,(H,21,23). The lowest BCUT2D eigenvalue weighted by atomic mass is 10.1. The minimum absolute atomic E-state index is 0.0276. The molecule has 8 heteroatoms. The zero-order chi connectivity index (χ0) is 19.4. The molecule has 0 saturated carbocycles. The Hall–Kier alpha value is -3.13. The number of nitrogens with one attached hydrogen (secondary N) is 1. The molecule has 1 amide bonds. The van der Waals surface area contributed by atoms with Crippen molar-refractivity contribution in [3.05, 3.63) is 72.1 Å². The third-order valence-corrected chi connectivity index (χ3v) is 5.26. The average Bonchev–Trinajstić information content (AvgIpc) is 3.14. The van der Waals surface area contributed by atoms with Crippen LogP contribution in [0.1, 0.15) is 11.1 Å². The highest BCUT2D eigenvalue weighted by Crippen LogP contribution is 2.22. The number of ether oxygens (including phenoxy) is 1. The van der Waals surface area contributed by atoms with Crippen LogP contribution in [0.2, 0.25) is 0 Å². The molecule has 0 radical (unpaired) electrons. The molecule has 0 fully saturated rings. The van der Waals surface area contributed by atoms with E-state index >= 15 is 0 Å². The molecule has 1 N–H and O–H groups in total. The van der Waals surface area contributed by atoms with Crippen LogP contribution in [0, 0.1) is 6.92 Å². The van der Waals surface area contributed by atoms with Crippen LogP contribution in [0.15, 0.2) is 65.8 Å². The zero-order valence-corrected chi connectivity index (χ0v) is 15.7. The summed E-state index contributed by atoms with van der Waals surface area (Å²) in [6, 6.07) is 14.4. The number of rotatable bonds is 6. The molecule has 1 heterocycles. The van der Waals surface area contributed by atoms with Crippen LogP contribution in [-0.2, 0) is 21.2 Å². The summed E-state index contributed by atoms with van der Waals surface area (Å²) in [6.45, 7) is 1.94. The molecule has 2 aromatic carbocycles. The molecule has 1 aromatic heterocycles. The number of amides is 1. The van der Waals surface area contributed by atoms with E-state index in [1.165, 1.54) is 24.2 Å². The van der Waals surface area contributed by atoms with Gasteiger partial charge in [0.1, 0.15) is 16.3 Å². The van der Waals surface area contributed by atoms with E-state index in [1.54, 1.807) is 36.4 Å². The molecular formula is C19H19N3O4S. The SMILES string of the molecule is COc1ccccc1-n1cc(S(=O)(=O)NC(=O)Cc2ccc(C)cc2)cn1. The molecule has 3 rings (SSSR count). The first-order valence-corrected chi connectivity index (χ1v) is 9.66. The van der Waals surface area contributed by atoms with Gasteiger partial charge in [0.05, 0.1) is 25.9 Å². The topological polar surface area (TPSA) is 90.3 Å². The highest BCUT2D eigenvalue weighted by atomic mass is 32.2. The first-order chi connectivity index (χ1) is 12.9. The van der Waals surface area contributed by atoms with Gasteiger partial charge in [-0.2, -0.15) is 5.10 Å². The summed E-state index contributed by atoms with van der Waals surface area (Å²) in [5, 5.41) is 4.07. The van der Waals surface area contributed by atoms with E-state index < -0.39 is 15.9 Å². The maximum Gasteiger partial charge on any atom is 0.267 e. The summed E-state index contributed by atoms with van der Waals surface area (Å²) in [5.41, 5.74) is 2.39. The second-order valence-corrected chi connectivity index (χ2v) is 7.67. The molecule has 0 bridgehead atoms. The molecule has 27 heavy (non-hydrogen) atoms. The maximum atomic E-state index is 12.5. The number of nitrogens with zero attached hydrogens (tertiary/aromatic N) is 2. The molecular weight excluding hydrogens is 366 g/mol. The minimum Gasteiger partial charge on any atom is -0.494 e. The van der Waals surface area contributed by atoms with Gasteiger partial charge >= 0.3 is 0 Å². The van der Waals surface area contributed by atoms with Gasteiger partial charge in [-0.3, -0.25) is 4.79 Å². The Bertz CT molecular complexity index is 1060. The number of carbonyl (C=O) groups excluding carboxylic acids is 1. The van der Waals surface area contributed by atoms with E-state index in [9.17, 15) is 13.2 Å². The summed E-state index contributed by atoms with van der Waals surface area (Å²) in [7, 11) is -2.50. The van der Waals surface area contributed by atoms with E-state index in [1.807, 2.05) is 19.1 Å². The number of methoxy groups -OCH3 is 1. The minimum atomic E-state index is -4.02. The van der Waals surface area contributed by atoms with Crippen LogP contribution in [0.5, 0.6) is 5.75 Å². The van der Waals surface area contributed by atoms with Gasteiger partial charge in [0.2, 0.25) is 5.91 Å². The van der Waals surface area contributed by atoms with Crippen molar-refractivity contribution in [3.8, 4) is 11.4 Å². The highest BCUT2D eigenvalue weighted by molar-refractivity contribution is 7.90. The summed E-state index contributed by atoms with van der Waals surface area (Å²) >= 11 is 0. The molecule has 7 nitrogen and oxygen atoms in total. The molecule has 3 aromatic rings. The predicted octanol–water partition coefficient (Wildman–Crippen LogP) is 2.24. The number of aromatic nitrogens is 2. The van der Waals surface area contributed by atoms with Gasteiger partial charge in [0.25, 0.3) is 10.0 Å². The second kappa shape index (κ2) is 7.63. The Balaban J connectivity index is 1.76. The Morgan fingerprint density at radius 1 is 1.15 bits per heavy atom. The van der Waals surface area contributed by atoms with Crippen LogP contribution in [0.25, 0.3) is 5.69 Å². The van der Waals surface area contributed by atoms with E-state index in [0.717, 1.165) is 11.1 Å². The lowest BCUT2D eigenvalue weighted by Gasteiger charge is -2.07. The van der Waals surface area contributed by atoms with Gasteiger partial charge < -0.3 is 4.74 Å². The van der Waals surface area contributed by atoms with Crippen molar-refractivity contribution in [2.75, 3.05) is 7.11 Å². The third-order valence-electron chi connectivity index (χ3n) is 3.93. The van der Waals surface area contributed by atoms with Crippen molar-refractivity contribution in [3.63, 3.8) is 0 Å². The number of sulfonamides is 1. The summed E-state index contributed by atoms with van der Waals surface area (Å²) in [4.78, 5) is 12.0. The monoisotopic (exact) mass is 385 g/mol. The van der Waals surface area contributed by atoms with Crippen LogP contribution < -0.4 is 9.46 Å². The first kappa shape index (κ1) is 18.7. The quantitative estimate of drug-likeness (QED) is 0.703. The van der Waals surface area contributed by atoms with Crippen LogP contribution in [-0.4, -0.2) is 31.2 Å². The van der Waals surface area contributed by atoms with Crippen LogP contribution >= 0.6 is 0 Å². The lowest BCUT2D eigenvalue weighted by Crippen LogP contribution is -2.31. The van der Waals surface area contributed by atoms with Crippen LogP contribution in [0.3, 0.4) is 0 Å². The van der Waals surface area contributed by atoms with Crippen molar-refractivity contribution in [2.24, 2.45) is 0 Å². The predicted molar refractivity (Wildman–Crippen MR) is 100 cm³/mol. The highest BCUT2D eigenvalue weighted by Gasteiger charge is 2.20.